The Hall–Kier alpha value is -2.73. The first-order valence-corrected chi connectivity index (χ1v) is 10.6. The summed E-state index contributed by atoms with van der Waals surface area (Å²) in [6, 6.07) is 8.47. The largest absolute Gasteiger partial charge is 0.337 e. The molecule has 0 saturated carbocycles. The molecule has 29 heavy (non-hydrogen) atoms. The highest BCUT2D eigenvalue weighted by Gasteiger charge is 2.21. The molecule has 1 N–H and O–H groups in total. The van der Waals surface area contributed by atoms with E-state index in [0.29, 0.717) is 11.7 Å². The molecular formula is C23H27N5O. The molecule has 0 spiro atoms. The van der Waals surface area contributed by atoms with Crippen LogP contribution < -0.4 is 5.56 Å². The number of nitrogens with zero attached hydrogens (tertiary/aromatic N) is 4. The first-order valence-electron chi connectivity index (χ1n) is 10.6. The van der Waals surface area contributed by atoms with Gasteiger partial charge < -0.3 is 9.55 Å². The summed E-state index contributed by atoms with van der Waals surface area (Å²) in [6.45, 7) is 4.22. The van der Waals surface area contributed by atoms with Gasteiger partial charge in [0.1, 0.15) is 5.82 Å². The first-order chi connectivity index (χ1) is 14.2. The van der Waals surface area contributed by atoms with Crippen LogP contribution in [0.25, 0.3) is 11.4 Å². The minimum atomic E-state index is 0.0336. The third-order valence-corrected chi connectivity index (χ3v) is 6.18. The van der Waals surface area contributed by atoms with Crippen molar-refractivity contribution in [2.24, 2.45) is 5.92 Å². The SMILES string of the molecule is O=c1[nH]c(-c2cccc(CN3CCCC(Cn4ccnc4)C3)c2)nc2c1CCC2. The number of rotatable bonds is 5. The molecule has 1 fully saturated rings. The second-order valence-electron chi connectivity index (χ2n) is 8.40. The molecule has 1 atom stereocenters. The minimum Gasteiger partial charge on any atom is -0.337 e. The number of benzene rings is 1. The number of fused-ring (bicyclic) bond motifs is 1. The maximum atomic E-state index is 12.4. The van der Waals surface area contributed by atoms with Gasteiger partial charge in [0.15, 0.2) is 0 Å². The first kappa shape index (κ1) is 18.3. The normalized spacial score (nSPS) is 19.4. The molecule has 6 nitrogen and oxygen atoms in total. The number of piperidine rings is 1. The molecule has 5 rings (SSSR count). The van der Waals surface area contributed by atoms with Crippen molar-refractivity contribution in [2.45, 2.75) is 45.2 Å². The fraction of sp³-hybridized carbons (Fsp3) is 0.435. The van der Waals surface area contributed by atoms with Crippen LogP contribution in [0.15, 0.2) is 47.8 Å². The number of hydrogen-bond donors (Lipinski definition) is 1. The molecule has 1 aromatic carbocycles. The highest BCUT2D eigenvalue weighted by molar-refractivity contribution is 5.56. The van der Waals surface area contributed by atoms with Crippen LogP contribution in [0.5, 0.6) is 0 Å². The predicted molar refractivity (Wildman–Crippen MR) is 113 cm³/mol. The summed E-state index contributed by atoms with van der Waals surface area (Å²) in [5.41, 5.74) is 4.16. The zero-order chi connectivity index (χ0) is 19.6. The number of nitrogens with one attached hydrogen (secondary N) is 1. The van der Waals surface area contributed by atoms with Gasteiger partial charge in [-0.25, -0.2) is 9.97 Å². The Balaban J connectivity index is 1.30. The fourth-order valence-corrected chi connectivity index (χ4v) is 4.79. The van der Waals surface area contributed by atoms with Crippen LogP contribution in [0, 0.1) is 5.92 Å². The van der Waals surface area contributed by atoms with Crippen LogP contribution >= 0.6 is 0 Å². The number of H-pyrrole nitrogens is 1. The van der Waals surface area contributed by atoms with Gasteiger partial charge in [0.2, 0.25) is 0 Å². The molecule has 0 radical (unpaired) electrons. The van der Waals surface area contributed by atoms with Crippen molar-refractivity contribution in [1.82, 2.24) is 24.4 Å². The molecule has 3 heterocycles. The van der Waals surface area contributed by atoms with Gasteiger partial charge in [-0.15, -0.1) is 0 Å². The van der Waals surface area contributed by atoms with E-state index < -0.39 is 0 Å². The van der Waals surface area contributed by atoms with Gasteiger partial charge in [0.05, 0.1) is 12.0 Å². The smallest absolute Gasteiger partial charge is 0.254 e. The van der Waals surface area contributed by atoms with Crippen LogP contribution in [0.1, 0.15) is 36.1 Å². The van der Waals surface area contributed by atoms with Crippen molar-refractivity contribution in [3.8, 4) is 11.4 Å². The van der Waals surface area contributed by atoms with E-state index >= 15 is 0 Å². The van der Waals surface area contributed by atoms with Crippen LogP contribution in [0.4, 0.5) is 0 Å². The van der Waals surface area contributed by atoms with E-state index in [1.807, 2.05) is 24.8 Å². The molecule has 1 unspecified atom stereocenters. The predicted octanol–water partition coefficient (Wildman–Crippen LogP) is 3.03. The second-order valence-corrected chi connectivity index (χ2v) is 8.40. The third-order valence-electron chi connectivity index (χ3n) is 6.18. The summed E-state index contributed by atoms with van der Waals surface area (Å²) >= 11 is 0. The van der Waals surface area contributed by atoms with Gasteiger partial charge in [0, 0.05) is 43.2 Å². The van der Waals surface area contributed by atoms with Crippen molar-refractivity contribution >= 4 is 0 Å². The van der Waals surface area contributed by atoms with Crippen molar-refractivity contribution in [3.05, 3.63) is 70.2 Å². The number of aromatic nitrogens is 4. The van der Waals surface area contributed by atoms with Crippen LogP contribution in [0.2, 0.25) is 0 Å². The summed E-state index contributed by atoms with van der Waals surface area (Å²) in [4.78, 5) is 26.8. The lowest BCUT2D eigenvalue weighted by atomic mass is 9.97. The third kappa shape index (κ3) is 4.03. The lowest BCUT2D eigenvalue weighted by Crippen LogP contribution is -2.36. The van der Waals surface area contributed by atoms with Crippen molar-refractivity contribution < 1.29 is 0 Å². The van der Waals surface area contributed by atoms with Crippen molar-refractivity contribution in [2.75, 3.05) is 13.1 Å². The van der Waals surface area contributed by atoms with E-state index in [-0.39, 0.29) is 5.56 Å². The van der Waals surface area contributed by atoms with E-state index in [9.17, 15) is 4.79 Å². The summed E-state index contributed by atoms with van der Waals surface area (Å²) in [6.07, 6.45) is 11.1. The number of aryl methyl sites for hydroxylation is 1. The molecule has 0 bridgehead atoms. The minimum absolute atomic E-state index is 0.0336. The summed E-state index contributed by atoms with van der Waals surface area (Å²) in [5.74, 6) is 1.37. The molecule has 2 aliphatic rings. The monoisotopic (exact) mass is 389 g/mol. The zero-order valence-corrected chi connectivity index (χ0v) is 16.7. The Morgan fingerprint density at radius 1 is 1.21 bits per heavy atom. The van der Waals surface area contributed by atoms with Crippen molar-refractivity contribution in [3.63, 3.8) is 0 Å². The van der Waals surface area contributed by atoms with Gasteiger partial charge in [0.25, 0.3) is 5.56 Å². The van der Waals surface area contributed by atoms with Gasteiger partial charge >= 0.3 is 0 Å². The Labute approximate surface area is 170 Å². The van der Waals surface area contributed by atoms with Gasteiger partial charge in [-0.3, -0.25) is 9.69 Å². The average molecular weight is 390 g/mol. The van der Waals surface area contributed by atoms with Gasteiger partial charge in [-0.2, -0.15) is 0 Å². The van der Waals surface area contributed by atoms with Gasteiger partial charge in [-0.05, 0) is 56.2 Å². The maximum absolute atomic E-state index is 12.4. The molecule has 1 aliphatic carbocycles. The van der Waals surface area contributed by atoms with E-state index in [1.54, 1.807) is 0 Å². The van der Waals surface area contributed by atoms with Gasteiger partial charge in [-0.1, -0.05) is 18.2 Å². The molecule has 2 aromatic heterocycles. The summed E-state index contributed by atoms with van der Waals surface area (Å²) < 4.78 is 2.19. The lowest BCUT2D eigenvalue weighted by molar-refractivity contribution is 0.156. The summed E-state index contributed by atoms with van der Waals surface area (Å²) in [7, 11) is 0. The Bertz CT molecular complexity index is 1040. The summed E-state index contributed by atoms with van der Waals surface area (Å²) in [5, 5.41) is 0. The molecule has 1 aliphatic heterocycles. The molecule has 3 aromatic rings. The number of hydrogen-bond acceptors (Lipinski definition) is 4. The topological polar surface area (TPSA) is 66.8 Å². The lowest BCUT2D eigenvalue weighted by Gasteiger charge is -2.33. The van der Waals surface area contributed by atoms with E-state index in [4.69, 9.17) is 4.98 Å². The Morgan fingerprint density at radius 3 is 3.07 bits per heavy atom. The van der Waals surface area contributed by atoms with Crippen molar-refractivity contribution in [1.29, 1.82) is 0 Å². The van der Waals surface area contributed by atoms with E-state index in [1.165, 1.54) is 18.4 Å². The fourth-order valence-electron chi connectivity index (χ4n) is 4.79. The molecule has 150 valence electrons. The maximum Gasteiger partial charge on any atom is 0.254 e. The molecule has 1 saturated heterocycles. The number of likely N-dealkylation sites (tertiary alicyclic amines) is 1. The Kier molecular flexibility index (Phi) is 5.02. The number of aromatic amines is 1. The number of imidazole rings is 1. The molecule has 6 heteroatoms. The van der Waals surface area contributed by atoms with Crippen LogP contribution in [0.3, 0.4) is 0 Å². The highest BCUT2D eigenvalue weighted by Crippen LogP contribution is 2.23. The Morgan fingerprint density at radius 2 is 2.17 bits per heavy atom. The molecular weight excluding hydrogens is 362 g/mol. The molecule has 0 amide bonds. The average Bonchev–Trinajstić information content (AvgIpc) is 3.40. The van der Waals surface area contributed by atoms with Crippen LogP contribution in [-0.2, 0) is 25.9 Å². The van der Waals surface area contributed by atoms with E-state index in [0.717, 1.165) is 62.3 Å². The second kappa shape index (κ2) is 7.95. The quantitative estimate of drug-likeness (QED) is 0.728. The highest BCUT2D eigenvalue weighted by atomic mass is 16.1. The van der Waals surface area contributed by atoms with E-state index in [2.05, 4.69) is 37.6 Å². The zero-order valence-electron chi connectivity index (χ0n) is 16.7. The van der Waals surface area contributed by atoms with Crippen LogP contribution in [-0.4, -0.2) is 37.5 Å². The standard InChI is InChI=1S/C23H27N5O/c29-23-20-7-2-8-21(20)25-22(26-23)19-6-1-4-17(12-19)13-27-10-3-5-18(14-27)15-28-11-9-24-16-28/h1,4,6,9,11-12,16,18H,2-3,5,7-8,10,13-15H2,(H,25,26,29).